The number of halogens is 3. The highest BCUT2D eigenvalue weighted by Crippen LogP contribution is 2.30. The van der Waals surface area contributed by atoms with Gasteiger partial charge in [-0.25, -0.2) is 4.98 Å². The van der Waals surface area contributed by atoms with Gasteiger partial charge in [-0.2, -0.15) is 13.2 Å². The Bertz CT molecular complexity index is 902. The third-order valence-electron chi connectivity index (χ3n) is 4.71. The van der Waals surface area contributed by atoms with E-state index in [-0.39, 0.29) is 37.9 Å². The zero-order chi connectivity index (χ0) is 21.0. The van der Waals surface area contributed by atoms with E-state index >= 15 is 0 Å². The molecule has 1 aliphatic rings. The van der Waals surface area contributed by atoms with Crippen LogP contribution in [0.15, 0.2) is 42.6 Å². The lowest BCUT2D eigenvalue weighted by Gasteiger charge is -2.18. The molecular formula is C20H20F3N3O3. The highest BCUT2D eigenvalue weighted by atomic mass is 19.4. The predicted octanol–water partition coefficient (Wildman–Crippen LogP) is 2.77. The normalized spacial score (nSPS) is 16.8. The molecule has 1 unspecified atom stereocenters. The molecule has 2 aromatic rings. The van der Waals surface area contributed by atoms with E-state index in [1.165, 1.54) is 24.1 Å². The maximum Gasteiger partial charge on any atom is 0.416 e. The summed E-state index contributed by atoms with van der Waals surface area (Å²) in [6, 6.07) is 8.34. The first-order valence-electron chi connectivity index (χ1n) is 8.97. The van der Waals surface area contributed by atoms with Crippen LogP contribution in [0.5, 0.6) is 5.88 Å². The molecule has 1 aromatic carbocycles. The molecule has 6 nitrogen and oxygen atoms in total. The molecule has 29 heavy (non-hydrogen) atoms. The minimum atomic E-state index is -4.44. The van der Waals surface area contributed by atoms with Gasteiger partial charge in [-0.1, -0.05) is 18.2 Å². The first-order valence-corrected chi connectivity index (χ1v) is 8.97. The maximum absolute atomic E-state index is 12.9. The number of amides is 2. The summed E-state index contributed by atoms with van der Waals surface area (Å²) < 4.78 is 43.7. The summed E-state index contributed by atoms with van der Waals surface area (Å²) in [5, 5.41) is 2.76. The minimum absolute atomic E-state index is 0.0228. The average Bonchev–Trinajstić information content (AvgIpc) is 3.06. The standard InChI is InChI=1S/C20H20F3N3O3/c1-29-19-14(5-3-7-24-19)10-25-18(28)15-9-17(27)26(12-15)11-13-4-2-6-16(8-13)20(21,22)23/h2-8,15H,9-12H2,1H3,(H,25,28). The van der Waals surface area contributed by atoms with Gasteiger partial charge >= 0.3 is 6.18 Å². The van der Waals surface area contributed by atoms with E-state index in [1.807, 2.05) is 0 Å². The van der Waals surface area contributed by atoms with E-state index in [0.717, 1.165) is 12.1 Å². The zero-order valence-electron chi connectivity index (χ0n) is 15.7. The third-order valence-corrected chi connectivity index (χ3v) is 4.71. The van der Waals surface area contributed by atoms with Crippen LogP contribution in [0.25, 0.3) is 0 Å². The number of benzene rings is 1. The molecule has 9 heteroatoms. The third kappa shape index (κ3) is 5.04. The summed E-state index contributed by atoms with van der Waals surface area (Å²) in [5.74, 6) is -0.713. The largest absolute Gasteiger partial charge is 0.481 e. The van der Waals surface area contributed by atoms with E-state index in [1.54, 1.807) is 18.3 Å². The number of carbonyl (C=O) groups excluding carboxylic acids is 2. The van der Waals surface area contributed by atoms with Crippen molar-refractivity contribution in [2.45, 2.75) is 25.7 Å². The molecule has 1 atom stereocenters. The van der Waals surface area contributed by atoms with Crippen molar-refractivity contribution in [3.8, 4) is 5.88 Å². The Morgan fingerprint density at radius 2 is 2.10 bits per heavy atom. The molecule has 1 N–H and O–H groups in total. The monoisotopic (exact) mass is 407 g/mol. The number of hydrogen-bond donors (Lipinski definition) is 1. The average molecular weight is 407 g/mol. The summed E-state index contributed by atoms with van der Waals surface area (Å²) >= 11 is 0. The van der Waals surface area contributed by atoms with Gasteiger partial charge in [0.25, 0.3) is 0 Å². The Kier molecular flexibility index (Phi) is 6.05. The lowest BCUT2D eigenvalue weighted by Crippen LogP contribution is -2.32. The van der Waals surface area contributed by atoms with Crippen LogP contribution in [0.4, 0.5) is 13.2 Å². The van der Waals surface area contributed by atoms with Gasteiger partial charge in [-0.15, -0.1) is 0 Å². The number of hydrogen-bond acceptors (Lipinski definition) is 4. The molecular weight excluding hydrogens is 387 g/mol. The van der Waals surface area contributed by atoms with Crippen molar-refractivity contribution >= 4 is 11.8 Å². The highest BCUT2D eigenvalue weighted by Gasteiger charge is 2.35. The number of nitrogens with one attached hydrogen (secondary N) is 1. The van der Waals surface area contributed by atoms with E-state index in [0.29, 0.717) is 17.0 Å². The lowest BCUT2D eigenvalue weighted by molar-refractivity contribution is -0.137. The highest BCUT2D eigenvalue weighted by molar-refractivity contribution is 5.89. The van der Waals surface area contributed by atoms with Gasteiger partial charge in [0, 0.05) is 37.8 Å². The van der Waals surface area contributed by atoms with Gasteiger partial charge < -0.3 is 15.0 Å². The van der Waals surface area contributed by atoms with Gasteiger partial charge in [0.2, 0.25) is 17.7 Å². The number of nitrogens with zero attached hydrogens (tertiary/aromatic N) is 2. The van der Waals surface area contributed by atoms with Crippen molar-refractivity contribution in [1.82, 2.24) is 15.2 Å². The predicted molar refractivity (Wildman–Crippen MR) is 97.6 cm³/mol. The number of methoxy groups -OCH3 is 1. The zero-order valence-corrected chi connectivity index (χ0v) is 15.7. The molecule has 2 amide bonds. The van der Waals surface area contributed by atoms with Crippen molar-refractivity contribution in [3.63, 3.8) is 0 Å². The van der Waals surface area contributed by atoms with Crippen LogP contribution >= 0.6 is 0 Å². The van der Waals surface area contributed by atoms with Gasteiger partial charge in [0.15, 0.2) is 0 Å². The number of likely N-dealkylation sites (tertiary alicyclic amines) is 1. The Labute approximate surface area is 165 Å². The van der Waals surface area contributed by atoms with E-state index < -0.39 is 17.7 Å². The fourth-order valence-electron chi connectivity index (χ4n) is 3.24. The van der Waals surface area contributed by atoms with Crippen molar-refractivity contribution in [2.24, 2.45) is 5.92 Å². The molecule has 1 aliphatic heterocycles. The second kappa shape index (κ2) is 8.50. The van der Waals surface area contributed by atoms with Crippen LogP contribution in [0.1, 0.15) is 23.1 Å². The maximum atomic E-state index is 12.9. The SMILES string of the molecule is COc1ncccc1CNC(=O)C1CC(=O)N(Cc2cccc(C(F)(F)F)c2)C1. The number of ether oxygens (including phenoxy) is 1. The molecule has 0 spiro atoms. The van der Waals surface area contributed by atoms with Crippen molar-refractivity contribution in [1.29, 1.82) is 0 Å². The second-order valence-electron chi connectivity index (χ2n) is 6.76. The lowest BCUT2D eigenvalue weighted by atomic mass is 10.1. The topological polar surface area (TPSA) is 71.5 Å². The van der Waals surface area contributed by atoms with Gasteiger partial charge in [0.05, 0.1) is 18.6 Å². The van der Waals surface area contributed by atoms with Crippen molar-refractivity contribution < 1.29 is 27.5 Å². The molecule has 154 valence electrons. The van der Waals surface area contributed by atoms with Crippen LogP contribution in [-0.2, 0) is 28.9 Å². The summed E-state index contributed by atoms with van der Waals surface area (Å²) in [7, 11) is 1.48. The van der Waals surface area contributed by atoms with Crippen LogP contribution < -0.4 is 10.1 Å². The molecule has 0 aliphatic carbocycles. The number of rotatable bonds is 6. The number of aromatic nitrogens is 1. The van der Waals surface area contributed by atoms with Crippen molar-refractivity contribution in [3.05, 3.63) is 59.3 Å². The summed E-state index contributed by atoms with van der Waals surface area (Å²) in [6.07, 6.45) is -2.85. The van der Waals surface area contributed by atoms with Gasteiger partial charge in [0.1, 0.15) is 0 Å². The van der Waals surface area contributed by atoms with E-state index in [2.05, 4.69) is 10.3 Å². The molecule has 0 saturated carbocycles. The molecule has 1 fully saturated rings. The minimum Gasteiger partial charge on any atom is -0.481 e. The first-order chi connectivity index (χ1) is 13.8. The number of carbonyl (C=O) groups is 2. The molecule has 2 heterocycles. The van der Waals surface area contributed by atoms with Gasteiger partial charge in [-0.05, 0) is 23.8 Å². The molecule has 3 rings (SSSR count). The molecule has 0 bridgehead atoms. The van der Waals surface area contributed by atoms with Gasteiger partial charge in [-0.3, -0.25) is 9.59 Å². The van der Waals surface area contributed by atoms with Crippen molar-refractivity contribution in [2.75, 3.05) is 13.7 Å². The Morgan fingerprint density at radius 1 is 1.31 bits per heavy atom. The first kappa shape index (κ1) is 20.6. The Morgan fingerprint density at radius 3 is 2.83 bits per heavy atom. The second-order valence-corrected chi connectivity index (χ2v) is 6.76. The smallest absolute Gasteiger partial charge is 0.416 e. The summed E-state index contributed by atoms with van der Waals surface area (Å²) in [4.78, 5) is 30.2. The molecule has 0 radical (unpaired) electrons. The Hall–Kier alpha value is -3.10. The molecule has 1 saturated heterocycles. The van der Waals surface area contributed by atoms with Crippen LogP contribution in [0, 0.1) is 5.92 Å². The fourth-order valence-corrected chi connectivity index (χ4v) is 3.24. The fraction of sp³-hybridized carbons (Fsp3) is 0.350. The van der Waals surface area contributed by atoms with Crippen LogP contribution in [-0.4, -0.2) is 35.4 Å². The van der Waals surface area contributed by atoms with E-state index in [4.69, 9.17) is 4.74 Å². The van der Waals surface area contributed by atoms with E-state index in [9.17, 15) is 22.8 Å². The summed E-state index contributed by atoms with van der Waals surface area (Å²) in [6.45, 7) is 0.391. The quantitative estimate of drug-likeness (QED) is 0.800. The summed E-state index contributed by atoms with van der Waals surface area (Å²) in [5.41, 5.74) is 0.309. The van der Waals surface area contributed by atoms with Crippen LogP contribution in [0.2, 0.25) is 0 Å². The number of pyridine rings is 1. The Balaban J connectivity index is 1.59. The number of alkyl halides is 3. The van der Waals surface area contributed by atoms with Crippen LogP contribution in [0.3, 0.4) is 0 Å². The molecule has 1 aromatic heterocycles.